The van der Waals surface area contributed by atoms with Gasteiger partial charge in [-0.1, -0.05) is 12.1 Å². The molecule has 1 aliphatic rings. The van der Waals surface area contributed by atoms with Gasteiger partial charge in [-0.3, -0.25) is 0 Å². The molecule has 3 rings (SSSR count). The zero-order chi connectivity index (χ0) is 17.2. The minimum atomic E-state index is -3.75. The molecule has 3 N–H and O–H groups in total. The van der Waals surface area contributed by atoms with Gasteiger partial charge in [0.15, 0.2) is 0 Å². The molecule has 1 saturated heterocycles. The van der Waals surface area contributed by atoms with Gasteiger partial charge in [0, 0.05) is 13.1 Å². The second-order valence-corrected chi connectivity index (χ2v) is 7.28. The van der Waals surface area contributed by atoms with Crippen molar-refractivity contribution in [2.45, 2.75) is 30.3 Å². The highest BCUT2D eigenvalue weighted by atomic mass is 32.2. The average Bonchev–Trinajstić information content (AvgIpc) is 3.22. The van der Waals surface area contributed by atoms with Crippen molar-refractivity contribution in [2.75, 3.05) is 6.54 Å². The van der Waals surface area contributed by atoms with E-state index in [0.29, 0.717) is 12.1 Å². The zero-order valence-corrected chi connectivity index (χ0v) is 13.8. The third-order valence-electron chi connectivity index (χ3n) is 4.06. The van der Waals surface area contributed by atoms with E-state index in [1.807, 2.05) is 12.1 Å². The van der Waals surface area contributed by atoms with Crippen LogP contribution >= 0.6 is 0 Å². The van der Waals surface area contributed by atoms with Gasteiger partial charge in [-0.2, -0.15) is 0 Å². The van der Waals surface area contributed by atoms with Crippen LogP contribution in [0.4, 0.5) is 4.79 Å². The summed E-state index contributed by atoms with van der Waals surface area (Å²) in [5, 5.41) is 7.94. The Kier molecular flexibility index (Phi) is 4.59. The van der Waals surface area contributed by atoms with Crippen molar-refractivity contribution in [3.8, 4) is 0 Å². The van der Waals surface area contributed by atoms with Crippen LogP contribution < -0.4 is 10.5 Å². The highest BCUT2D eigenvalue weighted by Gasteiger charge is 2.31. The maximum atomic E-state index is 12.4. The summed E-state index contributed by atoms with van der Waals surface area (Å²) in [4.78, 5) is 14.2. The largest absolute Gasteiger partial charge is 0.467 e. The lowest BCUT2D eigenvalue weighted by atomic mass is 10.2. The number of benzene rings is 1. The number of carbonyl (C=O) groups is 1. The maximum Gasteiger partial charge on any atom is 0.318 e. The molecule has 0 saturated carbocycles. The van der Waals surface area contributed by atoms with Gasteiger partial charge in [-0.15, -0.1) is 0 Å². The van der Waals surface area contributed by atoms with Crippen LogP contribution in [0.25, 0.3) is 0 Å². The van der Waals surface area contributed by atoms with Gasteiger partial charge < -0.3 is 14.6 Å². The number of nitrogens with zero attached hydrogens (tertiary/aromatic N) is 1. The second kappa shape index (κ2) is 6.66. The first-order chi connectivity index (χ1) is 11.4. The lowest BCUT2D eigenvalue weighted by Gasteiger charge is -2.23. The van der Waals surface area contributed by atoms with Crippen molar-refractivity contribution in [3.63, 3.8) is 0 Å². The molecule has 0 spiro atoms. The van der Waals surface area contributed by atoms with Crippen molar-refractivity contribution in [3.05, 3.63) is 54.0 Å². The number of carbonyl (C=O) groups excluding carboxylic acids is 1. The number of furan rings is 1. The van der Waals surface area contributed by atoms with E-state index in [4.69, 9.17) is 9.56 Å². The number of likely N-dealkylation sites (tertiary alicyclic amines) is 1. The minimum Gasteiger partial charge on any atom is -0.467 e. The predicted octanol–water partition coefficient (Wildman–Crippen LogP) is 1.97. The molecule has 1 fully saturated rings. The summed E-state index contributed by atoms with van der Waals surface area (Å²) in [6.07, 6.45) is 3.38. The number of rotatable bonds is 4. The van der Waals surface area contributed by atoms with Gasteiger partial charge in [0.2, 0.25) is 10.0 Å². The molecule has 1 atom stereocenters. The molecule has 0 bridgehead atoms. The van der Waals surface area contributed by atoms with E-state index in [2.05, 4.69) is 5.32 Å². The fourth-order valence-electron chi connectivity index (χ4n) is 2.90. The van der Waals surface area contributed by atoms with Crippen LogP contribution in [-0.2, 0) is 16.6 Å². The molecule has 7 nitrogen and oxygen atoms in total. The van der Waals surface area contributed by atoms with E-state index < -0.39 is 10.0 Å². The standard InChI is InChI=1S/C16H19N3O4S/c17-24(21,22)13-5-1-4-12(10-13)11-18-16(20)19-8-2-6-14(19)15-7-3-9-23-15/h1,3-5,7,9-10,14H,2,6,8,11H2,(H,18,20)(H2,17,21,22). The summed E-state index contributed by atoms with van der Waals surface area (Å²) < 4.78 is 28.2. The number of nitrogens with one attached hydrogen (secondary N) is 1. The molecule has 24 heavy (non-hydrogen) atoms. The van der Waals surface area contributed by atoms with Gasteiger partial charge in [0.25, 0.3) is 0 Å². The van der Waals surface area contributed by atoms with E-state index in [0.717, 1.165) is 18.6 Å². The third-order valence-corrected chi connectivity index (χ3v) is 4.97. The van der Waals surface area contributed by atoms with Gasteiger partial charge in [-0.05, 0) is 42.7 Å². The molecule has 2 amide bonds. The van der Waals surface area contributed by atoms with Crippen molar-refractivity contribution < 1.29 is 17.6 Å². The van der Waals surface area contributed by atoms with Gasteiger partial charge in [-0.25, -0.2) is 18.4 Å². The fraction of sp³-hybridized carbons (Fsp3) is 0.312. The van der Waals surface area contributed by atoms with Crippen LogP contribution in [0, 0.1) is 0 Å². The molecule has 1 aromatic heterocycles. The molecule has 1 unspecified atom stereocenters. The molecule has 1 aliphatic heterocycles. The van der Waals surface area contributed by atoms with E-state index in [1.165, 1.54) is 12.1 Å². The SMILES string of the molecule is NS(=O)(=O)c1cccc(CNC(=O)N2CCCC2c2ccco2)c1. The Balaban J connectivity index is 1.65. The summed E-state index contributed by atoms with van der Waals surface area (Å²) >= 11 is 0. The zero-order valence-electron chi connectivity index (χ0n) is 13.0. The number of nitrogens with two attached hydrogens (primary N) is 1. The van der Waals surface area contributed by atoms with Crippen molar-refractivity contribution in [1.82, 2.24) is 10.2 Å². The quantitative estimate of drug-likeness (QED) is 0.880. The van der Waals surface area contributed by atoms with E-state index in [-0.39, 0.29) is 23.5 Å². The number of amides is 2. The van der Waals surface area contributed by atoms with E-state index in [1.54, 1.807) is 23.3 Å². The number of primary sulfonamides is 1. The fourth-order valence-corrected chi connectivity index (χ4v) is 3.48. The van der Waals surface area contributed by atoms with Crippen LogP contribution in [0.3, 0.4) is 0 Å². The first-order valence-corrected chi connectivity index (χ1v) is 9.19. The number of urea groups is 1. The Morgan fingerprint density at radius 2 is 2.17 bits per heavy atom. The lowest BCUT2D eigenvalue weighted by molar-refractivity contribution is 0.186. The molecular formula is C16H19N3O4S. The molecule has 0 radical (unpaired) electrons. The van der Waals surface area contributed by atoms with Gasteiger partial charge in [0.1, 0.15) is 5.76 Å². The molecular weight excluding hydrogens is 330 g/mol. The summed E-state index contributed by atoms with van der Waals surface area (Å²) in [7, 11) is -3.75. The molecule has 8 heteroatoms. The summed E-state index contributed by atoms with van der Waals surface area (Å²) in [5.41, 5.74) is 0.670. The van der Waals surface area contributed by atoms with E-state index in [9.17, 15) is 13.2 Å². The Morgan fingerprint density at radius 1 is 1.33 bits per heavy atom. The van der Waals surface area contributed by atoms with Crippen molar-refractivity contribution >= 4 is 16.1 Å². The van der Waals surface area contributed by atoms with Crippen molar-refractivity contribution in [2.24, 2.45) is 5.14 Å². The molecule has 2 heterocycles. The average molecular weight is 349 g/mol. The lowest BCUT2D eigenvalue weighted by Crippen LogP contribution is -2.39. The predicted molar refractivity (Wildman–Crippen MR) is 87.4 cm³/mol. The summed E-state index contributed by atoms with van der Waals surface area (Å²) in [6, 6.07) is 9.64. The Labute approximate surface area is 140 Å². The Bertz CT molecular complexity index is 818. The van der Waals surface area contributed by atoms with Gasteiger partial charge in [0.05, 0.1) is 17.2 Å². The maximum absolute atomic E-state index is 12.4. The highest BCUT2D eigenvalue weighted by Crippen LogP contribution is 2.31. The smallest absolute Gasteiger partial charge is 0.318 e. The summed E-state index contributed by atoms with van der Waals surface area (Å²) in [5.74, 6) is 0.777. The van der Waals surface area contributed by atoms with Crippen LogP contribution in [0.5, 0.6) is 0 Å². The van der Waals surface area contributed by atoms with Gasteiger partial charge >= 0.3 is 6.03 Å². The number of sulfonamides is 1. The topological polar surface area (TPSA) is 106 Å². The van der Waals surface area contributed by atoms with Crippen LogP contribution in [0.1, 0.15) is 30.2 Å². The molecule has 128 valence electrons. The molecule has 1 aromatic carbocycles. The van der Waals surface area contributed by atoms with Crippen LogP contribution in [0.2, 0.25) is 0 Å². The molecule has 0 aliphatic carbocycles. The molecule has 2 aromatic rings. The highest BCUT2D eigenvalue weighted by molar-refractivity contribution is 7.89. The monoisotopic (exact) mass is 349 g/mol. The number of hydrogen-bond acceptors (Lipinski definition) is 4. The first kappa shape index (κ1) is 16.5. The van der Waals surface area contributed by atoms with Crippen molar-refractivity contribution in [1.29, 1.82) is 0 Å². The minimum absolute atomic E-state index is 0.0314. The first-order valence-electron chi connectivity index (χ1n) is 7.65. The van der Waals surface area contributed by atoms with E-state index >= 15 is 0 Å². The Hall–Kier alpha value is -2.32. The number of hydrogen-bond donors (Lipinski definition) is 2. The van der Waals surface area contributed by atoms with Crippen LogP contribution in [-0.4, -0.2) is 25.9 Å². The third kappa shape index (κ3) is 3.60. The van der Waals surface area contributed by atoms with Crippen LogP contribution in [0.15, 0.2) is 52.0 Å². The normalized spacial score (nSPS) is 17.9. The second-order valence-electron chi connectivity index (χ2n) is 5.72. The Morgan fingerprint density at radius 3 is 2.88 bits per heavy atom. The summed E-state index contributed by atoms with van der Waals surface area (Å²) in [6.45, 7) is 0.887.